The predicted molar refractivity (Wildman–Crippen MR) is 107 cm³/mol. The molecule has 0 bridgehead atoms. The maximum absolute atomic E-state index is 12.6. The number of nitrogens with zero attached hydrogens (tertiary/aromatic N) is 2. The van der Waals surface area contributed by atoms with Crippen molar-refractivity contribution in [2.24, 2.45) is 0 Å². The number of Topliss-reactive ketones (excluding diaryl/α,β-unsaturated/α-hetero) is 1. The first kappa shape index (κ1) is 20.9. The average Bonchev–Trinajstić information content (AvgIpc) is 2.69. The Bertz CT molecular complexity index is 774. The Kier molecular flexibility index (Phi) is 7.39. The first-order valence-corrected chi connectivity index (χ1v) is 8.94. The number of phenols is 1. The molecule has 1 atom stereocenters. The average molecular weight is 389 g/mol. The van der Waals surface area contributed by atoms with Crippen molar-refractivity contribution >= 4 is 24.1 Å². The van der Waals surface area contributed by atoms with Crippen LogP contribution in [0.25, 0.3) is 0 Å². The fourth-order valence-corrected chi connectivity index (χ4v) is 3.30. The van der Waals surface area contributed by atoms with E-state index in [2.05, 4.69) is 4.90 Å². The zero-order valence-electron chi connectivity index (χ0n) is 15.4. The summed E-state index contributed by atoms with van der Waals surface area (Å²) >= 11 is 0. The van der Waals surface area contributed by atoms with Crippen molar-refractivity contribution < 1.29 is 14.7 Å². The molecule has 2 aromatic rings. The number of aromatic hydroxyl groups is 1. The van der Waals surface area contributed by atoms with Crippen LogP contribution in [0.5, 0.6) is 5.75 Å². The van der Waals surface area contributed by atoms with Crippen LogP contribution < -0.4 is 0 Å². The maximum Gasteiger partial charge on any atom is 0.227 e. The Balaban J connectivity index is 0.00000261. The van der Waals surface area contributed by atoms with Crippen LogP contribution in [0.15, 0.2) is 54.6 Å². The number of carbonyl (C=O) groups is 2. The molecule has 1 fully saturated rings. The highest BCUT2D eigenvalue weighted by Gasteiger charge is 2.28. The summed E-state index contributed by atoms with van der Waals surface area (Å²) < 4.78 is 0. The normalized spacial score (nSPS) is 15.7. The first-order chi connectivity index (χ1) is 12.6. The monoisotopic (exact) mass is 388 g/mol. The third-order valence-corrected chi connectivity index (χ3v) is 4.99. The summed E-state index contributed by atoms with van der Waals surface area (Å²) in [5.74, 6) is 0.273. The number of phenolic OH excluding ortho intramolecular Hbond substituents is 1. The van der Waals surface area contributed by atoms with Gasteiger partial charge in [0, 0.05) is 37.3 Å². The van der Waals surface area contributed by atoms with E-state index in [1.54, 1.807) is 18.2 Å². The number of para-hydroxylation sites is 1. The molecule has 1 aliphatic rings. The van der Waals surface area contributed by atoms with Crippen molar-refractivity contribution in [3.05, 3.63) is 65.7 Å². The molecule has 1 N–H and O–H groups in total. The summed E-state index contributed by atoms with van der Waals surface area (Å²) in [6.07, 6.45) is 0.200. The highest BCUT2D eigenvalue weighted by molar-refractivity contribution is 5.99. The van der Waals surface area contributed by atoms with Gasteiger partial charge in [0.15, 0.2) is 5.78 Å². The molecule has 0 saturated carbocycles. The van der Waals surface area contributed by atoms with Gasteiger partial charge in [-0.15, -0.1) is 12.4 Å². The molecular formula is C21H25ClN2O3. The number of piperazine rings is 1. The largest absolute Gasteiger partial charge is 0.508 e. The second-order valence-corrected chi connectivity index (χ2v) is 6.63. The smallest absolute Gasteiger partial charge is 0.227 e. The predicted octanol–water partition coefficient (Wildman–Crippen LogP) is 2.77. The summed E-state index contributed by atoms with van der Waals surface area (Å²) in [7, 11) is 0. The van der Waals surface area contributed by atoms with Crippen molar-refractivity contribution in [3.8, 4) is 5.75 Å². The van der Waals surface area contributed by atoms with Crippen LogP contribution in [0.1, 0.15) is 22.8 Å². The Labute approximate surface area is 166 Å². The summed E-state index contributed by atoms with van der Waals surface area (Å²) in [4.78, 5) is 29.0. The lowest BCUT2D eigenvalue weighted by Crippen LogP contribution is -2.53. The molecule has 1 amide bonds. The van der Waals surface area contributed by atoms with Crippen LogP contribution in [0, 0.1) is 0 Å². The SMILES string of the molecule is CC(C(=O)c1ccccc1)N1CCN(C(=O)Cc2ccccc2O)CC1.Cl. The van der Waals surface area contributed by atoms with Crippen LogP contribution in [0.4, 0.5) is 0 Å². The van der Waals surface area contributed by atoms with Gasteiger partial charge in [-0.2, -0.15) is 0 Å². The first-order valence-electron chi connectivity index (χ1n) is 8.94. The minimum absolute atomic E-state index is 0. The van der Waals surface area contributed by atoms with E-state index in [4.69, 9.17) is 0 Å². The van der Waals surface area contributed by atoms with Gasteiger partial charge in [-0.3, -0.25) is 14.5 Å². The van der Waals surface area contributed by atoms with Crippen molar-refractivity contribution in [3.63, 3.8) is 0 Å². The van der Waals surface area contributed by atoms with E-state index in [0.717, 1.165) is 5.56 Å². The Morgan fingerprint density at radius 3 is 2.19 bits per heavy atom. The minimum atomic E-state index is -0.201. The summed E-state index contributed by atoms with van der Waals surface area (Å²) in [6.45, 7) is 4.46. The van der Waals surface area contributed by atoms with Crippen LogP contribution in [0.2, 0.25) is 0 Å². The van der Waals surface area contributed by atoms with Gasteiger partial charge in [-0.05, 0) is 13.0 Å². The van der Waals surface area contributed by atoms with Gasteiger partial charge in [0.25, 0.3) is 0 Å². The Morgan fingerprint density at radius 1 is 0.963 bits per heavy atom. The molecule has 0 radical (unpaired) electrons. The van der Waals surface area contributed by atoms with Gasteiger partial charge < -0.3 is 10.0 Å². The summed E-state index contributed by atoms with van der Waals surface area (Å²) in [5.41, 5.74) is 1.37. The van der Waals surface area contributed by atoms with Crippen LogP contribution in [0.3, 0.4) is 0 Å². The molecule has 1 saturated heterocycles. The number of hydrogen-bond donors (Lipinski definition) is 1. The molecule has 1 heterocycles. The van der Waals surface area contributed by atoms with Gasteiger partial charge in [0.1, 0.15) is 5.75 Å². The van der Waals surface area contributed by atoms with Gasteiger partial charge in [0.05, 0.1) is 12.5 Å². The number of halogens is 1. The Hall–Kier alpha value is -2.37. The van der Waals surface area contributed by atoms with E-state index in [9.17, 15) is 14.7 Å². The van der Waals surface area contributed by atoms with Crippen LogP contribution >= 0.6 is 12.4 Å². The molecule has 144 valence electrons. The Morgan fingerprint density at radius 2 is 1.56 bits per heavy atom. The summed E-state index contributed by atoms with van der Waals surface area (Å²) in [6, 6.07) is 16.0. The van der Waals surface area contributed by atoms with Gasteiger partial charge in [0.2, 0.25) is 5.91 Å². The zero-order valence-corrected chi connectivity index (χ0v) is 16.2. The molecule has 1 unspecified atom stereocenters. The quantitative estimate of drug-likeness (QED) is 0.800. The third-order valence-electron chi connectivity index (χ3n) is 4.99. The van der Waals surface area contributed by atoms with E-state index < -0.39 is 0 Å². The third kappa shape index (κ3) is 5.08. The van der Waals surface area contributed by atoms with Gasteiger partial charge >= 0.3 is 0 Å². The number of ketones is 1. The topological polar surface area (TPSA) is 60.9 Å². The maximum atomic E-state index is 12.6. The number of benzene rings is 2. The number of carbonyl (C=O) groups excluding carboxylic acids is 2. The molecule has 0 spiro atoms. The lowest BCUT2D eigenvalue weighted by Gasteiger charge is -2.37. The second kappa shape index (κ2) is 9.53. The number of hydrogen-bond acceptors (Lipinski definition) is 4. The van der Waals surface area contributed by atoms with E-state index in [-0.39, 0.29) is 42.3 Å². The summed E-state index contributed by atoms with van der Waals surface area (Å²) in [5, 5.41) is 9.83. The molecule has 27 heavy (non-hydrogen) atoms. The van der Waals surface area contributed by atoms with E-state index in [0.29, 0.717) is 31.7 Å². The highest BCUT2D eigenvalue weighted by Crippen LogP contribution is 2.18. The minimum Gasteiger partial charge on any atom is -0.508 e. The second-order valence-electron chi connectivity index (χ2n) is 6.63. The lowest BCUT2D eigenvalue weighted by atomic mass is 10.0. The van der Waals surface area contributed by atoms with Crippen molar-refractivity contribution in [2.75, 3.05) is 26.2 Å². The fourth-order valence-electron chi connectivity index (χ4n) is 3.30. The van der Waals surface area contributed by atoms with E-state index in [1.165, 1.54) is 0 Å². The lowest BCUT2D eigenvalue weighted by molar-refractivity contribution is -0.132. The van der Waals surface area contributed by atoms with Crippen molar-refractivity contribution in [1.29, 1.82) is 0 Å². The van der Waals surface area contributed by atoms with Crippen LogP contribution in [-0.4, -0.2) is 58.8 Å². The molecular weight excluding hydrogens is 364 g/mol. The molecule has 1 aliphatic heterocycles. The zero-order chi connectivity index (χ0) is 18.5. The molecule has 6 heteroatoms. The molecule has 0 aliphatic carbocycles. The fraction of sp³-hybridized carbons (Fsp3) is 0.333. The highest BCUT2D eigenvalue weighted by atomic mass is 35.5. The van der Waals surface area contributed by atoms with Crippen molar-refractivity contribution in [2.45, 2.75) is 19.4 Å². The molecule has 3 rings (SSSR count). The molecule has 2 aromatic carbocycles. The van der Waals surface area contributed by atoms with Gasteiger partial charge in [-0.25, -0.2) is 0 Å². The number of rotatable bonds is 5. The van der Waals surface area contributed by atoms with E-state index >= 15 is 0 Å². The van der Waals surface area contributed by atoms with Crippen molar-refractivity contribution in [1.82, 2.24) is 9.80 Å². The van der Waals surface area contributed by atoms with E-state index in [1.807, 2.05) is 48.2 Å². The number of amides is 1. The van der Waals surface area contributed by atoms with Gasteiger partial charge in [-0.1, -0.05) is 48.5 Å². The molecule has 0 aromatic heterocycles. The molecule has 5 nitrogen and oxygen atoms in total. The van der Waals surface area contributed by atoms with Crippen LogP contribution in [-0.2, 0) is 11.2 Å². The standard InChI is InChI=1S/C21H24N2O3.ClH/c1-16(21(26)17-7-3-2-4-8-17)22-11-13-23(14-12-22)20(25)15-18-9-5-6-10-19(18)24;/h2-10,16,24H,11-15H2,1H3;1H.